The molecular weight excluding hydrogens is 253 g/mol. The highest BCUT2D eigenvalue weighted by molar-refractivity contribution is 4.98. The number of halogens is 3. The van der Waals surface area contributed by atoms with Crippen LogP contribution >= 0.6 is 0 Å². The van der Waals surface area contributed by atoms with E-state index in [4.69, 9.17) is 5.73 Å². The molecule has 0 radical (unpaired) electrons. The standard InChI is InChI=1S/C14H25F3N2/c1-10-7-11(10)8-19(2)13(9-18)5-3-12(4-6-13)14(15,16)17/h10-12H,3-9,18H2,1-2H3. The van der Waals surface area contributed by atoms with E-state index in [2.05, 4.69) is 11.8 Å². The highest BCUT2D eigenvalue weighted by Gasteiger charge is 2.47. The van der Waals surface area contributed by atoms with Gasteiger partial charge in [0.25, 0.3) is 0 Å². The Bertz CT molecular complexity index is 308. The highest BCUT2D eigenvalue weighted by Crippen LogP contribution is 2.45. The Morgan fingerprint density at radius 1 is 1.26 bits per heavy atom. The molecule has 2 atom stereocenters. The van der Waals surface area contributed by atoms with Gasteiger partial charge >= 0.3 is 6.18 Å². The Balaban J connectivity index is 1.93. The maximum Gasteiger partial charge on any atom is 0.391 e. The SMILES string of the molecule is CC1CC1CN(C)C1(CN)CCC(C(F)(F)F)CC1. The molecule has 19 heavy (non-hydrogen) atoms. The average Bonchev–Trinajstić information content (AvgIpc) is 3.03. The van der Waals surface area contributed by atoms with E-state index in [1.165, 1.54) is 6.42 Å². The van der Waals surface area contributed by atoms with Crippen LogP contribution in [0.5, 0.6) is 0 Å². The summed E-state index contributed by atoms with van der Waals surface area (Å²) >= 11 is 0. The van der Waals surface area contributed by atoms with E-state index in [1.54, 1.807) is 0 Å². The molecule has 2 rings (SSSR count). The van der Waals surface area contributed by atoms with Crippen molar-refractivity contribution < 1.29 is 13.2 Å². The Morgan fingerprint density at radius 3 is 2.16 bits per heavy atom. The van der Waals surface area contributed by atoms with E-state index in [1.807, 2.05) is 7.05 Å². The first-order chi connectivity index (χ1) is 8.78. The number of rotatable bonds is 4. The summed E-state index contributed by atoms with van der Waals surface area (Å²) in [6, 6.07) is 0. The van der Waals surface area contributed by atoms with Gasteiger partial charge in [0.2, 0.25) is 0 Å². The van der Waals surface area contributed by atoms with Crippen LogP contribution < -0.4 is 5.73 Å². The Labute approximate surface area is 113 Å². The van der Waals surface area contributed by atoms with Crippen LogP contribution in [0.4, 0.5) is 13.2 Å². The molecule has 2 aliphatic rings. The van der Waals surface area contributed by atoms with E-state index < -0.39 is 12.1 Å². The minimum Gasteiger partial charge on any atom is -0.329 e. The third kappa shape index (κ3) is 3.24. The Kier molecular flexibility index (Phi) is 4.17. The van der Waals surface area contributed by atoms with Gasteiger partial charge in [-0.3, -0.25) is 4.90 Å². The second kappa shape index (κ2) is 5.24. The van der Waals surface area contributed by atoms with Gasteiger partial charge < -0.3 is 5.73 Å². The van der Waals surface area contributed by atoms with Crippen molar-refractivity contribution >= 4 is 0 Å². The minimum atomic E-state index is -4.04. The van der Waals surface area contributed by atoms with E-state index in [-0.39, 0.29) is 18.4 Å². The van der Waals surface area contributed by atoms with Gasteiger partial charge in [-0.05, 0) is 51.0 Å². The van der Waals surface area contributed by atoms with Gasteiger partial charge in [-0.25, -0.2) is 0 Å². The van der Waals surface area contributed by atoms with E-state index in [0.717, 1.165) is 12.5 Å². The molecule has 0 aromatic rings. The molecule has 2 N–H and O–H groups in total. The summed E-state index contributed by atoms with van der Waals surface area (Å²) in [5.41, 5.74) is 5.70. The van der Waals surface area contributed by atoms with Crippen LogP contribution in [0.25, 0.3) is 0 Å². The summed E-state index contributed by atoms with van der Waals surface area (Å²) in [4.78, 5) is 2.24. The van der Waals surface area contributed by atoms with Gasteiger partial charge in [0.1, 0.15) is 0 Å². The molecule has 2 aliphatic carbocycles. The zero-order valence-electron chi connectivity index (χ0n) is 11.8. The van der Waals surface area contributed by atoms with Crippen LogP contribution in [0.3, 0.4) is 0 Å². The number of nitrogens with zero attached hydrogens (tertiary/aromatic N) is 1. The lowest BCUT2D eigenvalue weighted by atomic mass is 9.75. The van der Waals surface area contributed by atoms with Crippen LogP contribution in [0.1, 0.15) is 39.0 Å². The predicted molar refractivity (Wildman–Crippen MR) is 69.7 cm³/mol. The van der Waals surface area contributed by atoms with Crippen LogP contribution in [0.2, 0.25) is 0 Å². The molecule has 2 unspecified atom stereocenters. The smallest absolute Gasteiger partial charge is 0.329 e. The first-order valence-electron chi connectivity index (χ1n) is 7.26. The molecule has 0 spiro atoms. The number of alkyl halides is 3. The molecule has 0 aliphatic heterocycles. The fourth-order valence-corrected chi connectivity index (χ4v) is 3.42. The summed E-state index contributed by atoms with van der Waals surface area (Å²) in [7, 11) is 2.03. The normalized spacial score (nSPS) is 39.6. The molecule has 0 bridgehead atoms. The summed E-state index contributed by atoms with van der Waals surface area (Å²) < 4.78 is 38.2. The van der Waals surface area contributed by atoms with Gasteiger partial charge in [-0.15, -0.1) is 0 Å². The quantitative estimate of drug-likeness (QED) is 0.856. The molecule has 0 saturated heterocycles. The molecule has 112 valence electrons. The van der Waals surface area contributed by atoms with Crippen molar-refractivity contribution in [1.29, 1.82) is 0 Å². The van der Waals surface area contributed by atoms with Crippen molar-refractivity contribution in [2.45, 2.75) is 50.7 Å². The Hall–Kier alpha value is -0.290. The van der Waals surface area contributed by atoms with Crippen molar-refractivity contribution in [1.82, 2.24) is 4.90 Å². The van der Waals surface area contributed by atoms with E-state index in [0.29, 0.717) is 25.3 Å². The molecule has 0 heterocycles. The highest BCUT2D eigenvalue weighted by atomic mass is 19.4. The largest absolute Gasteiger partial charge is 0.391 e. The number of hydrogen-bond acceptors (Lipinski definition) is 2. The fraction of sp³-hybridized carbons (Fsp3) is 1.00. The Morgan fingerprint density at radius 2 is 1.79 bits per heavy atom. The molecule has 0 aromatic heterocycles. The van der Waals surface area contributed by atoms with Gasteiger partial charge in [0, 0.05) is 18.6 Å². The third-order valence-corrected chi connectivity index (χ3v) is 5.35. The number of nitrogens with two attached hydrogens (primary N) is 1. The van der Waals surface area contributed by atoms with Crippen LogP contribution in [0.15, 0.2) is 0 Å². The van der Waals surface area contributed by atoms with Crippen molar-refractivity contribution in [3.8, 4) is 0 Å². The van der Waals surface area contributed by atoms with Crippen molar-refractivity contribution in [3.63, 3.8) is 0 Å². The summed E-state index contributed by atoms with van der Waals surface area (Å²) in [5, 5.41) is 0. The first kappa shape index (κ1) is 15.1. The zero-order valence-corrected chi connectivity index (χ0v) is 11.8. The summed E-state index contributed by atoms with van der Waals surface area (Å²) in [5.74, 6) is 0.359. The van der Waals surface area contributed by atoms with Crippen LogP contribution in [0, 0.1) is 17.8 Å². The average molecular weight is 278 g/mol. The fourth-order valence-electron chi connectivity index (χ4n) is 3.42. The lowest BCUT2D eigenvalue weighted by molar-refractivity contribution is -0.188. The van der Waals surface area contributed by atoms with Gasteiger partial charge in [0.15, 0.2) is 0 Å². The topological polar surface area (TPSA) is 29.3 Å². The second-order valence-electron chi connectivity index (χ2n) is 6.60. The van der Waals surface area contributed by atoms with E-state index >= 15 is 0 Å². The summed E-state index contributed by atoms with van der Waals surface area (Å²) in [6.45, 7) is 3.68. The minimum absolute atomic E-state index is 0.204. The van der Waals surface area contributed by atoms with E-state index in [9.17, 15) is 13.2 Å². The molecule has 0 aromatic carbocycles. The van der Waals surface area contributed by atoms with Crippen molar-refractivity contribution in [2.75, 3.05) is 20.1 Å². The number of likely N-dealkylation sites (N-methyl/N-ethyl adjacent to an activating group) is 1. The van der Waals surface area contributed by atoms with Crippen molar-refractivity contribution in [3.05, 3.63) is 0 Å². The monoisotopic (exact) mass is 278 g/mol. The lowest BCUT2D eigenvalue weighted by Gasteiger charge is -2.46. The first-order valence-corrected chi connectivity index (χ1v) is 7.26. The maximum atomic E-state index is 12.7. The molecule has 2 fully saturated rings. The molecule has 2 nitrogen and oxygen atoms in total. The molecule has 2 saturated carbocycles. The van der Waals surface area contributed by atoms with Crippen LogP contribution in [-0.4, -0.2) is 36.8 Å². The molecule has 0 amide bonds. The second-order valence-corrected chi connectivity index (χ2v) is 6.60. The molecule has 5 heteroatoms. The zero-order chi connectivity index (χ0) is 14.3. The summed E-state index contributed by atoms with van der Waals surface area (Å²) in [6.07, 6.45) is -1.19. The molecular formula is C14H25F3N2. The third-order valence-electron chi connectivity index (χ3n) is 5.35. The number of hydrogen-bond donors (Lipinski definition) is 1. The van der Waals surface area contributed by atoms with Gasteiger partial charge in [0.05, 0.1) is 5.92 Å². The van der Waals surface area contributed by atoms with Gasteiger partial charge in [-0.2, -0.15) is 13.2 Å². The van der Waals surface area contributed by atoms with Gasteiger partial charge in [-0.1, -0.05) is 6.92 Å². The van der Waals surface area contributed by atoms with Crippen molar-refractivity contribution in [2.24, 2.45) is 23.5 Å². The van der Waals surface area contributed by atoms with Crippen LogP contribution in [-0.2, 0) is 0 Å². The lowest BCUT2D eigenvalue weighted by Crippen LogP contribution is -2.55. The predicted octanol–water partition coefficient (Wildman–Crippen LogP) is 3.02. The maximum absolute atomic E-state index is 12.7.